The predicted molar refractivity (Wildman–Crippen MR) is 191 cm³/mol. The molecule has 0 N–H and O–H groups in total. The molecule has 0 amide bonds. The van der Waals surface area contributed by atoms with Crippen LogP contribution in [0.25, 0.3) is 66.0 Å². The monoisotopic (exact) mass is 559 g/mol. The van der Waals surface area contributed by atoms with Gasteiger partial charge < -0.3 is 4.90 Å². The molecular formula is C43H29N. The number of nitrogens with zero attached hydrogens (tertiary/aromatic N) is 1. The summed E-state index contributed by atoms with van der Waals surface area (Å²) in [6, 6.07) is 53.4. The van der Waals surface area contributed by atoms with Gasteiger partial charge in [-0.15, -0.1) is 0 Å². The van der Waals surface area contributed by atoms with E-state index < -0.39 is 0 Å². The fourth-order valence-corrected chi connectivity index (χ4v) is 7.11. The number of anilines is 3. The van der Waals surface area contributed by atoms with E-state index in [4.69, 9.17) is 0 Å². The molecule has 1 heteroatoms. The third-order valence-corrected chi connectivity index (χ3v) is 9.16. The highest BCUT2D eigenvalue weighted by Gasteiger charge is 2.24. The van der Waals surface area contributed by atoms with Crippen LogP contribution in [0.4, 0.5) is 17.1 Å². The third kappa shape index (κ3) is 3.80. The van der Waals surface area contributed by atoms with Gasteiger partial charge in [-0.05, 0) is 86.1 Å². The van der Waals surface area contributed by atoms with Gasteiger partial charge in [0.25, 0.3) is 0 Å². The lowest BCUT2D eigenvalue weighted by Crippen LogP contribution is -2.11. The minimum atomic E-state index is 1.14. The largest absolute Gasteiger partial charge is 0.309 e. The molecule has 0 unspecified atom stereocenters. The molecule has 0 aliphatic heterocycles. The Hall–Kier alpha value is -5.66. The zero-order valence-electron chi connectivity index (χ0n) is 24.5. The molecule has 0 bridgehead atoms. The van der Waals surface area contributed by atoms with Crippen LogP contribution in [0, 0.1) is 6.92 Å². The summed E-state index contributed by atoms with van der Waals surface area (Å²) in [6.45, 7) is 2.15. The summed E-state index contributed by atoms with van der Waals surface area (Å²) < 4.78 is 0. The van der Waals surface area contributed by atoms with E-state index in [1.807, 2.05) is 0 Å². The summed E-state index contributed by atoms with van der Waals surface area (Å²) in [7, 11) is 0. The van der Waals surface area contributed by atoms with Gasteiger partial charge in [0.05, 0.1) is 5.69 Å². The van der Waals surface area contributed by atoms with Crippen LogP contribution in [0.5, 0.6) is 0 Å². The standard InChI is InChI=1S/C43H29N/c1-28-13-22-35(23-14-28)44(36-24-17-30(18-25-36)16-15-29-7-3-2-4-8-29)43-37-12-6-10-32-19-20-34-27-33-11-5-9-31-21-26-38(43)42(39(31)33)41(34)40(32)37/h2-27H,1H3. The van der Waals surface area contributed by atoms with Crippen molar-refractivity contribution in [3.05, 3.63) is 162 Å². The third-order valence-electron chi connectivity index (χ3n) is 9.16. The lowest BCUT2D eigenvalue weighted by Gasteiger charge is -2.30. The molecule has 0 heterocycles. The molecular weight excluding hydrogens is 530 g/mol. The average molecular weight is 560 g/mol. The summed E-state index contributed by atoms with van der Waals surface area (Å²) in [4.78, 5) is 2.47. The van der Waals surface area contributed by atoms with Crippen LogP contribution in [0.15, 0.2) is 146 Å². The van der Waals surface area contributed by atoms with Crippen molar-refractivity contribution in [1.82, 2.24) is 0 Å². The molecule has 0 saturated carbocycles. The van der Waals surface area contributed by atoms with Crippen molar-refractivity contribution < 1.29 is 0 Å². The van der Waals surface area contributed by atoms with E-state index in [0.717, 1.165) is 11.4 Å². The Morgan fingerprint density at radius 2 is 0.977 bits per heavy atom. The highest BCUT2D eigenvalue weighted by Crippen LogP contribution is 2.51. The topological polar surface area (TPSA) is 3.24 Å². The van der Waals surface area contributed by atoms with Gasteiger partial charge >= 0.3 is 0 Å². The molecule has 0 fully saturated rings. The first-order valence-electron chi connectivity index (χ1n) is 15.3. The number of rotatable bonds is 5. The Labute approximate surface area is 256 Å². The predicted octanol–water partition coefficient (Wildman–Crippen LogP) is 12.3. The van der Waals surface area contributed by atoms with E-state index in [9.17, 15) is 0 Å². The second kappa shape index (κ2) is 9.69. The van der Waals surface area contributed by atoms with Gasteiger partial charge in [0.1, 0.15) is 0 Å². The quantitative estimate of drug-likeness (QED) is 0.115. The van der Waals surface area contributed by atoms with Gasteiger partial charge in [-0.1, -0.05) is 133 Å². The molecule has 206 valence electrons. The summed E-state index contributed by atoms with van der Waals surface area (Å²) in [5.41, 5.74) is 7.14. The van der Waals surface area contributed by atoms with Crippen molar-refractivity contribution in [2.45, 2.75) is 6.92 Å². The maximum absolute atomic E-state index is 2.47. The molecule has 0 aromatic heterocycles. The summed E-state index contributed by atoms with van der Waals surface area (Å²) in [5.74, 6) is 0. The second-order valence-electron chi connectivity index (χ2n) is 11.9. The van der Waals surface area contributed by atoms with Gasteiger partial charge in [0.15, 0.2) is 0 Å². The zero-order chi connectivity index (χ0) is 29.2. The van der Waals surface area contributed by atoms with Gasteiger partial charge in [-0.25, -0.2) is 0 Å². The van der Waals surface area contributed by atoms with Crippen molar-refractivity contribution in [3.8, 4) is 0 Å². The van der Waals surface area contributed by atoms with E-state index >= 15 is 0 Å². The first-order valence-corrected chi connectivity index (χ1v) is 15.3. The van der Waals surface area contributed by atoms with Crippen LogP contribution >= 0.6 is 0 Å². The smallest absolute Gasteiger partial charge is 0.0619 e. The molecule has 44 heavy (non-hydrogen) atoms. The number of hydrogen-bond donors (Lipinski definition) is 0. The minimum Gasteiger partial charge on any atom is -0.309 e. The van der Waals surface area contributed by atoms with Crippen LogP contribution < -0.4 is 4.90 Å². The lowest BCUT2D eigenvalue weighted by atomic mass is 9.85. The second-order valence-corrected chi connectivity index (χ2v) is 11.9. The van der Waals surface area contributed by atoms with Crippen LogP contribution in [0.1, 0.15) is 16.7 Å². The fourth-order valence-electron chi connectivity index (χ4n) is 7.11. The minimum absolute atomic E-state index is 1.14. The Kier molecular flexibility index (Phi) is 5.48. The van der Waals surface area contributed by atoms with Crippen molar-refractivity contribution >= 4 is 83.1 Å². The normalized spacial score (nSPS) is 12.1. The molecule has 0 aliphatic carbocycles. The van der Waals surface area contributed by atoms with Crippen molar-refractivity contribution in [2.75, 3.05) is 4.90 Å². The summed E-state index contributed by atoms with van der Waals surface area (Å²) in [5, 5.41) is 13.1. The average Bonchev–Trinajstić information content (AvgIpc) is 3.08. The molecule has 9 rings (SSSR count). The lowest BCUT2D eigenvalue weighted by molar-refractivity contribution is 1.30. The molecule has 0 saturated heterocycles. The Balaban J connectivity index is 1.35. The van der Waals surface area contributed by atoms with Crippen LogP contribution in [-0.2, 0) is 0 Å². The van der Waals surface area contributed by atoms with Crippen LogP contribution in [0.2, 0.25) is 0 Å². The van der Waals surface area contributed by atoms with Crippen molar-refractivity contribution in [2.24, 2.45) is 0 Å². The molecule has 0 atom stereocenters. The molecule has 0 radical (unpaired) electrons. The number of hydrogen-bond acceptors (Lipinski definition) is 1. The maximum atomic E-state index is 2.47. The van der Waals surface area contributed by atoms with Gasteiger partial charge in [-0.3, -0.25) is 0 Å². The number of benzene rings is 9. The van der Waals surface area contributed by atoms with Gasteiger partial charge in [0.2, 0.25) is 0 Å². The first-order chi connectivity index (χ1) is 21.7. The first kappa shape index (κ1) is 24.9. The number of aryl methyl sites for hydroxylation is 1. The maximum Gasteiger partial charge on any atom is 0.0619 e. The van der Waals surface area contributed by atoms with Crippen LogP contribution in [0.3, 0.4) is 0 Å². The molecule has 0 aliphatic rings. The molecule has 1 nitrogen and oxygen atoms in total. The van der Waals surface area contributed by atoms with Gasteiger partial charge in [-0.2, -0.15) is 0 Å². The van der Waals surface area contributed by atoms with E-state index in [0.29, 0.717) is 0 Å². The van der Waals surface area contributed by atoms with E-state index in [2.05, 4.69) is 170 Å². The Bertz CT molecular complexity index is 2470. The zero-order valence-corrected chi connectivity index (χ0v) is 24.5. The van der Waals surface area contributed by atoms with E-state index in [1.54, 1.807) is 0 Å². The van der Waals surface area contributed by atoms with Crippen molar-refractivity contribution in [3.63, 3.8) is 0 Å². The molecule has 9 aromatic rings. The molecule has 0 spiro atoms. The highest BCUT2D eigenvalue weighted by molar-refractivity contribution is 6.40. The van der Waals surface area contributed by atoms with E-state index in [1.165, 1.54) is 76.2 Å². The van der Waals surface area contributed by atoms with Crippen LogP contribution in [-0.4, -0.2) is 0 Å². The van der Waals surface area contributed by atoms with E-state index in [-0.39, 0.29) is 0 Å². The highest BCUT2D eigenvalue weighted by atomic mass is 15.1. The summed E-state index contributed by atoms with van der Waals surface area (Å²) in [6.07, 6.45) is 4.36. The van der Waals surface area contributed by atoms with Gasteiger partial charge in [0, 0.05) is 27.5 Å². The Morgan fingerprint density at radius 3 is 1.75 bits per heavy atom. The molecule has 9 aromatic carbocycles. The fraction of sp³-hybridized carbons (Fsp3) is 0.0233. The SMILES string of the molecule is Cc1ccc(N(c2ccc(C=Cc3ccccc3)cc2)c2c3cccc4ccc5cc6cccc7ccc2c(c76)c5c43)cc1. The van der Waals surface area contributed by atoms with Crippen molar-refractivity contribution in [1.29, 1.82) is 0 Å². The summed E-state index contributed by atoms with van der Waals surface area (Å²) >= 11 is 0. The Morgan fingerprint density at radius 1 is 0.409 bits per heavy atom.